The molecule has 0 aromatic heterocycles. The minimum absolute atomic E-state index is 0.159. The third-order valence-corrected chi connectivity index (χ3v) is 3.66. The molecular formula is C14H20F3NOS. The quantitative estimate of drug-likeness (QED) is 0.833. The molecule has 0 aliphatic heterocycles. The summed E-state index contributed by atoms with van der Waals surface area (Å²) >= 11 is 1.59. The highest BCUT2D eigenvalue weighted by atomic mass is 32.2. The molecule has 0 saturated heterocycles. The molecule has 0 heterocycles. The van der Waals surface area contributed by atoms with Crippen molar-refractivity contribution in [1.29, 1.82) is 0 Å². The number of hydrogen-bond acceptors (Lipinski definition) is 3. The minimum Gasteiger partial charge on any atom is -0.406 e. The molecule has 20 heavy (non-hydrogen) atoms. The van der Waals surface area contributed by atoms with Gasteiger partial charge in [-0.2, -0.15) is 11.8 Å². The van der Waals surface area contributed by atoms with Crippen molar-refractivity contribution in [2.75, 3.05) is 12.3 Å². The molecular weight excluding hydrogens is 287 g/mol. The smallest absolute Gasteiger partial charge is 0.406 e. The van der Waals surface area contributed by atoms with Gasteiger partial charge in [-0.05, 0) is 28.7 Å². The number of alkyl halides is 3. The van der Waals surface area contributed by atoms with Gasteiger partial charge >= 0.3 is 6.36 Å². The van der Waals surface area contributed by atoms with E-state index in [1.54, 1.807) is 11.8 Å². The van der Waals surface area contributed by atoms with E-state index in [9.17, 15) is 13.2 Å². The predicted molar refractivity (Wildman–Crippen MR) is 77.0 cm³/mol. The van der Waals surface area contributed by atoms with Crippen molar-refractivity contribution < 1.29 is 17.9 Å². The van der Waals surface area contributed by atoms with Gasteiger partial charge in [0.1, 0.15) is 5.75 Å². The summed E-state index contributed by atoms with van der Waals surface area (Å²) in [6.45, 7) is 6.42. The third-order valence-electron chi connectivity index (χ3n) is 2.60. The molecule has 0 spiro atoms. The predicted octanol–water partition coefficient (Wildman–Crippen LogP) is 4.07. The van der Waals surface area contributed by atoms with Crippen LogP contribution in [-0.4, -0.2) is 18.7 Å². The maximum Gasteiger partial charge on any atom is 0.573 e. The molecule has 1 aromatic carbocycles. The Morgan fingerprint density at radius 3 is 2.30 bits per heavy atom. The Hall–Kier alpha value is -0.880. The number of benzene rings is 1. The Morgan fingerprint density at radius 1 is 1.15 bits per heavy atom. The van der Waals surface area contributed by atoms with E-state index in [0.29, 0.717) is 12.3 Å². The molecule has 1 aromatic rings. The van der Waals surface area contributed by atoms with Crippen LogP contribution < -0.4 is 10.5 Å². The largest absolute Gasteiger partial charge is 0.573 e. The number of ether oxygens (including phenoxy) is 1. The first kappa shape index (κ1) is 17.2. The second-order valence-electron chi connectivity index (χ2n) is 5.50. The third kappa shape index (κ3) is 6.05. The Labute approximate surface area is 121 Å². The first-order valence-electron chi connectivity index (χ1n) is 6.30. The summed E-state index contributed by atoms with van der Waals surface area (Å²) in [4.78, 5) is 0. The van der Waals surface area contributed by atoms with E-state index in [2.05, 4.69) is 4.74 Å². The average Bonchev–Trinajstić information content (AvgIpc) is 2.25. The van der Waals surface area contributed by atoms with E-state index < -0.39 is 6.36 Å². The van der Waals surface area contributed by atoms with Crippen molar-refractivity contribution in [1.82, 2.24) is 0 Å². The van der Waals surface area contributed by atoms with Crippen molar-refractivity contribution in [3.05, 3.63) is 29.3 Å². The van der Waals surface area contributed by atoms with Crippen molar-refractivity contribution in [3.63, 3.8) is 0 Å². The highest BCUT2D eigenvalue weighted by Gasteiger charge is 2.31. The number of halogens is 3. The van der Waals surface area contributed by atoms with Gasteiger partial charge in [0.15, 0.2) is 0 Å². The van der Waals surface area contributed by atoms with Gasteiger partial charge < -0.3 is 10.5 Å². The Kier molecular flexibility index (Phi) is 5.77. The first-order valence-corrected chi connectivity index (χ1v) is 7.45. The van der Waals surface area contributed by atoms with Crippen LogP contribution >= 0.6 is 11.8 Å². The van der Waals surface area contributed by atoms with Gasteiger partial charge in [-0.25, -0.2) is 0 Å². The van der Waals surface area contributed by atoms with E-state index in [1.807, 2.05) is 26.8 Å². The first-order chi connectivity index (χ1) is 9.12. The normalized spacial score (nSPS) is 12.6. The Balaban J connectivity index is 3.02. The summed E-state index contributed by atoms with van der Waals surface area (Å²) in [5, 5.41) is 0. The van der Waals surface area contributed by atoms with Crippen LogP contribution in [0, 0.1) is 0 Å². The molecule has 0 amide bonds. The zero-order valence-corrected chi connectivity index (χ0v) is 12.7. The molecule has 2 nitrogen and oxygen atoms in total. The fraction of sp³-hybridized carbons (Fsp3) is 0.571. The van der Waals surface area contributed by atoms with E-state index in [-0.39, 0.29) is 11.2 Å². The van der Waals surface area contributed by atoms with Crippen LogP contribution in [0.4, 0.5) is 13.2 Å². The van der Waals surface area contributed by atoms with Crippen molar-refractivity contribution in [3.8, 4) is 5.75 Å². The summed E-state index contributed by atoms with van der Waals surface area (Å²) in [5.74, 6) is 1.23. The number of nitrogens with two attached hydrogens (primary N) is 1. The highest BCUT2D eigenvalue weighted by molar-refractivity contribution is 7.98. The van der Waals surface area contributed by atoms with Gasteiger partial charge in [0, 0.05) is 18.1 Å². The molecule has 114 valence electrons. The lowest BCUT2D eigenvalue weighted by Gasteiger charge is -2.21. The lowest BCUT2D eigenvalue weighted by atomic mass is 9.86. The standard InChI is InChI=1S/C14H20F3NOS/c1-13(2,3)11-6-10(9-20-5-4-18)7-12(8-11)19-14(15,16)17/h6-8H,4-5,9,18H2,1-3H3. The second-order valence-corrected chi connectivity index (χ2v) is 6.61. The fourth-order valence-electron chi connectivity index (χ4n) is 1.64. The van der Waals surface area contributed by atoms with Crippen molar-refractivity contribution >= 4 is 11.8 Å². The number of thioether (sulfide) groups is 1. The van der Waals surface area contributed by atoms with E-state index >= 15 is 0 Å². The van der Waals surface area contributed by atoms with Crippen molar-refractivity contribution in [2.45, 2.75) is 38.3 Å². The van der Waals surface area contributed by atoms with Crippen LogP contribution in [0.3, 0.4) is 0 Å². The molecule has 0 unspecified atom stereocenters. The van der Waals surface area contributed by atoms with Crippen LogP contribution in [0.5, 0.6) is 5.75 Å². The van der Waals surface area contributed by atoms with Crippen LogP contribution in [0.2, 0.25) is 0 Å². The number of rotatable bonds is 5. The maximum absolute atomic E-state index is 12.4. The topological polar surface area (TPSA) is 35.2 Å². The second kappa shape index (κ2) is 6.72. The lowest BCUT2D eigenvalue weighted by Crippen LogP contribution is -2.18. The highest BCUT2D eigenvalue weighted by Crippen LogP contribution is 2.31. The minimum atomic E-state index is -4.67. The zero-order chi connectivity index (χ0) is 15.4. The average molecular weight is 307 g/mol. The molecule has 0 radical (unpaired) electrons. The van der Waals surface area contributed by atoms with Gasteiger partial charge in [0.2, 0.25) is 0 Å². The van der Waals surface area contributed by atoms with Crippen LogP contribution in [0.15, 0.2) is 18.2 Å². The summed E-state index contributed by atoms with van der Waals surface area (Å²) in [6, 6.07) is 4.81. The monoisotopic (exact) mass is 307 g/mol. The summed E-state index contributed by atoms with van der Waals surface area (Å²) in [5.41, 5.74) is 6.81. The summed E-state index contributed by atoms with van der Waals surface area (Å²) in [6.07, 6.45) is -4.67. The maximum atomic E-state index is 12.4. The van der Waals surface area contributed by atoms with Crippen LogP contribution in [-0.2, 0) is 11.2 Å². The van der Waals surface area contributed by atoms with Crippen LogP contribution in [0.1, 0.15) is 31.9 Å². The van der Waals surface area contributed by atoms with Gasteiger partial charge in [0.05, 0.1) is 0 Å². The van der Waals surface area contributed by atoms with Gasteiger partial charge in [-0.1, -0.05) is 26.8 Å². The molecule has 2 N–H and O–H groups in total. The molecule has 6 heteroatoms. The summed E-state index contributed by atoms with van der Waals surface area (Å²) in [7, 11) is 0. The molecule has 0 atom stereocenters. The van der Waals surface area contributed by atoms with Gasteiger partial charge in [0.25, 0.3) is 0 Å². The molecule has 0 aliphatic carbocycles. The van der Waals surface area contributed by atoms with Gasteiger partial charge in [-0.3, -0.25) is 0 Å². The van der Waals surface area contributed by atoms with E-state index in [4.69, 9.17) is 5.73 Å². The molecule has 0 saturated carbocycles. The van der Waals surface area contributed by atoms with Gasteiger partial charge in [-0.15, -0.1) is 13.2 Å². The van der Waals surface area contributed by atoms with E-state index in [1.165, 1.54) is 12.1 Å². The number of hydrogen-bond donors (Lipinski definition) is 1. The molecule has 0 aliphatic rings. The molecule has 0 bridgehead atoms. The fourth-order valence-corrected chi connectivity index (χ4v) is 2.36. The Bertz CT molecular complexity index is 441. The lowest BCUT2D eigenvalue weighted by molar-refractivity contribution is -0.274. The summed E-state index contributed by atoms with van der Waals surface area (Å²) < 4.78 is 41.1. The Morgan fingerprint density at radius 2 is 1.80 bits per heavy atom. The zero-order valence-electron chi connectivity index (χ0n) is 11.9. The molecule has 0 fully saturated rings. The van der Waals surface area contributed by atoms with E-state index in [0.717, 1.165) is 16.9 Å². The van der Waals surface area contributed by atoms with Crippen molar-refractivity contribution in [2.24, 2.45) is 5.73 Å². The molecule has 1 rings (SSSR count). The SMILES string of the molecule is CC(C)(C)c1cc(CSCCN)cc(OC(F)(F)F)c1. The van der Waals surface area contributed by atoms with Crippen LogP contribution in [0.25, 0.3) is 0 Å².